The number of aryl methyl sites for hydroxylation is 1. The lowest BCUT2D eigenvalue weighted by Gasteiger charge is -2.37. The van der Waals surface area contributed by atoms with E-state index < -0.39 is 0 Å². The molecule has 0 spiro atoms. The van der Waals surface area contributed by atoms with Crippen molar-refractivity contribution in [1.82, 2.24) is 14.8 Å². The topological polar surface area (TPSA) is 28.6 Å². The molecule has 2 aromatic rings. The second-order valence-electron chi connectivity index (χ2n) is 6.51. The number of morpholine rings is 1. The maximum atomic E-state index is 6.04. The molecule has 2 atom stereocenters. The van der Waals surface area contributed by atoms with E-state index in [4.69, 9.17) is 4.74 Å². The number of ether oxygens (including phenoxy) is 1. The summed E-state index contributed by atoms with van der Waals surface area (Å²) >= 11 is 1.77. The molecule has 2 aliphatic rings. The van der Waals surface area contributed by atoms with Crippen LogP contribution in [0.5, 0.6) is 0 Å². The number of thiazole rings is 1. The van der Waals surface area contributed by atoms with Crippen molar-refractivity contribution in [2.75, 3.05) is 26.2 Å². The molecule has 0 N–H and O–H groups in total. The second-order valence-corrected chi connectivity index (χ2v) is 7.45. The van der Waals surface area contributed by atoms with Gasteiger partial charge in [-0.15, -0.1) is 11.3 Å². The van der Waals surface area contributed by atoms with E-state index >= 15 is 0 Å². The number of nitrogens with zero attached hydrogens (tertiary/aromatic N) is 3. The SMILES string of the molecule is Cc1csc(CN2C[C@H]3OCCN(Cc4ccccc4)[C@H]3C2)n1. The molecule has 2 aliphatic heterocycles. The Hall–Kier alpha value is -1.27. The molecule has 5 heteroatoms. The van der Waals surface area contributed by atoms with Gasteiger partial charge in [-0.25, -0.2) is 4.98 Å². The summed E-state index contributed by atoms with van der Waals surface area (Å²) < 4.78 is 6.04. The first-order chi connectivity index (χ1) is 11.3. The molecule has 1 aromatic heterocycles. The third-order valence-electron chi connectivity index (χ3n) is 4.75. The van der Waals surface area contributed by atoms with E-state index in [-0.39, 0.29) is 0 Å². The van der Waals surface area contributed by atoms with Crippen LogP contribution in [0.15, 0.2) is 35.7 Å². The van der Waals surface area contributed by atoms with Gasteiger partial charge in [0.15, 0.2) is 0 Å². The number of hydrogen-bond acceptors (Lipinski definition) is 5. The molecule has 2 fully saturated rings. The van der Waals surface area contributed by atoms with E-state index in [0.29, 0.717) is 12.1 Å². The van der Waals surface area contributed by atoms with E-state index in [2.05, 4.69) is 57.4 Å². The molecule has 0 bridgehead atoms. The Kier molecular flexibility index (Phi) is 4.44. The Morgan fingerprint density at radius 1 is 1.22 bits per heavy atom. The van der Waals surface area contributed by atoms with Crippen LogP contribution in [0.25, 0.3) is 0 Å². The summed E-state index contributed by atoms with van der Waals surface area (Å²) in [5.74, 6) is 0. The van der Waals surface area contributed by atoms with E-state index in [1.807, 2.05) is 0 Å². The quantitative estimate of drug-likeness (QED) is 0.862. The monoisotopic (exact) mass is 329 g/mol. The van der Waals surface area contributed by atoms with Gasteiger partial charge in [0.1, 0.15) is 5.01 Å². The zero-order valence-electron chi connectivity index (χ0n) is 13.5. The molecule has 0 aliphatic carbocycles. The van der Waals surface area contributed by atoms with Crippen LogP contribution in [-0.4, -0.2) is 53.2 Å². The van der Waals surface area contributed by atoms with Crippen LogP contribution in [-0.2, 0) is 17.8 Å². The van der Waals surface area contributed by atoms with Crippen molar-refractivity contribution in [2.24, 2.45) is 0 Å². The fourth-order valence-electron chi connectivity index (χ4n) is 3.64. The average molecular weight is 329 g/mol. The maximum absolute atomic E-state index is 6.04. The van der Waals surface area contributed by atoms with Crippen LogP contribution in [0, 0.1) is 6.92 Å². The summed E-state index contributed by atoms with van der Waals surface area (Å²) in [6.45, 7) is 8.02. The molecule has 3 heterocycles. The van der Waals surface area contributed by atoms with Gasteiger partial charge in [-0.1, -0.05) is 30.3 Å². The highest BCUT2D eigenvalue weighted by atomic mass is 32.1. The lowest BCUT2D eigenvalue weighted by Crippen LogP contribution is -2.50. The Labute approximate surface area is 141 Å². The normalized spacial score (nSPS) is 25.6. The molecule has 4 rings (SSSR count). The molecule has 2 saturated heterocycles. The molecule has 4 nitrogen and oxygen atoms in total. The molecule has 0 amide bonds. The van der Waals surface area contributed by atoms with E-state index in [9.17, 15) is 0 Å². The largest absolute Gasteiger partial charge is 0.374 e. The Bertz CT molecular complexity index is 645. The lowest BCUT2D eigenvalue weighted by molar-refractivity contribution is -0.0504. The van der Waals surface area contributed by atoms with Crippen molar-refractivity contribution in [2.45, 2.75) is 32.2 Å². The van der Waals surface area contributed by atoms with Crippen LogP contribution in [0.1, 0.15) is 16.3 Å². The minimum absolute atomic E-state index is 0.341. The van der Waals surface area contributed by atoms with Crippen molar-refractivity contribution >= 4 is 11.3 Å². The van der Waals surface area contributed by atoms with Crippen LogP contribution < -0.4 is 0 Å². The van der Waals surface area contributed by atoms with Gasteiger partial charge in [0, 0.05) is 37.3 Å². The molecule has 0 radical (unpaired) electrons. The number of aromatic nitrogens is 1. The standard InChI is InChI=1S/C18H23N3OS/c1-14-13-23-18(19-14)12-20-10-16-17(11-20)22-8-7-21(16)9-15-5-3-2-4-6-15/h2-6,13,16-17H,7-12H2,1H3/t16-,17+/m0/s1. The van der Waals surface area contributed by atoms with Crippen molar-refractivity contribution in [1.29, 1.82) is 0 Å². The van der Waals surface area contributed by atoms with Gasteiger partial charge in [-0.05, 0) is 12.5 Å². The smallest absolute Gasteiger partial charge is 0.107 e. The first-order valence-electron chi connectivity index (χ1n) is 8.31. The van der Waals surface area contributed by atoms with Gasteiger partial charge in [0.2, 0.25) is 0 Å². The van der Waals surface area contributed by atoms with E-state index in [1.54, 1.807) is 11.3 Å². The van der Waals surface area contributed by atoms with Gasteiger partial charge in [0.25, 0.3) is 0 Å². The van der Waals surface area contributed by atoms with Gasteiger partial charge in [-0.2, -0.15) is 0 Å². The number of rotatable bonds is 4. The predicted octanol–water partition coefficient (Wildman–Crippen LogP) is 2.54. The number of fused-ring (bicyclic) bond motifs is 1. The lowest BCUT2D eigenvalue weighted by atomic mass is 10.1. The Balaban J connectivity index is 1.42. The minimum Gasteiger partial charge on any atom is -0.374 e. The maximum Gasteiger partial charge on any atom is 0.107 e. The molecule has 23 heavy (non-hydrogen) atoms. The molecule has 0 unspecified atom stereocenters. The van der Waals surface area contributed by atoms with Gasteiger partial charge in [0.05, 0.1) is 25.3 Å². The summed E-state index contributed by atoms with van der Waals surface area (Å²) in [5.41, 5.74) is 2.52. The first kappa shape index (κ1) is 15.3. The molecule has 1 aromatic carbocycles. The van der Waals surface area contributed by atoms with Crippen molar-refractivity contribution in [3.63, 3.8) is 0 Å². The highest BCUT2D eigenvalue weighted by molar-refractivity contribution is 7.09. The molecule has 0 saturated carbocycles. The summed E-state index contributed by atoms with van der Waals surface area (Å²) in [7, 11) is 0. The molecular weight excluding hydrogens is 306 g/mol. The highest BCUT2D eigenvalue weighted by Gasteiger charge is 2.40. The van der Waals surface area contributed by atoms with Crippen LogP contribution >= 0.6 is 11.3 Å². The zero-order chi connectivity index (χ0) is 15.6. The van der Waals surface area contributed by atoms with Crippen LogP contribution in [0.3, 0.4) is 0 Å². The third kappa shape index (κ3) is 3.48. The van der Waals surface area contributed by atoms with E-state index in [0.717, 1.165) is 45.0 Å². The average Bonchev–Trinajstić information content (AvgIpc) is 3.15. The summed E-state index contributed by atoms with van der Waals surface area (Å²) in [6, 6.07) is 11.3. The van der Waals surface area contributed by atoms with Crippen LogP contribution in [0.2, 0.25) is 0 Å². The number of hydrogen-bond donors (Lipinski definition) is 0. The van der Waals surface area contributed by atoms with Gasteiger partial charge < -0.3 is 4.74 Å². The third-order valence-corrected chi connectivity index (χ3v) is 5.70. The van der Waals surface area contributed by atoms with Crippen molar-refractivity contribution in [3.05, 3.63) is 52.0 Å². The van der Waals surface area contributed by atoms with Crippen molar-refractivity contribution in [3.8, 4) is 0 Å². The molecular formula is C18H23N3OS. The van der Waals surface area contributed by atoms with E-state index in [1.165, 1.54) is 10.6 Å². The summed E-state index contributed by atoms with van der Waals surface area (Å²) in [6.07, 6.45) is 0.341. The first-order valence-corrected chi connectivity index (χ1v) is 9.19. The van der Waals surface area contributed by atoms with Crippen molar-refractivity contribution < 1.29 is 4.74 Å². The fourth-order valence-corrected chi connectivity index (χ4v) is 4.46. The fraction of sp³-hybridized carbons (Fsp3) is 0.500. The Morgan fingerprint density at radius 2 is 2.09 bits per heavy atom. The number of benzene rings is 1. The van der Waals surface area contributed by atoms with Gasteiger partial charge in [-0.3, -0.25) is 9.80 Å². The van der Waals surface area contributed by atoms with Crippen LogP contribution in [0.4, 0.5) is 0 Å². The zero-order valence-corrected chi connectivity index (χ0v) is 14.3. The highest BCUT2D eigenvalue weighted by Crippen LogP contribution is 2.26. The Morgan fingerprint density at radius 3 is 2.87 bits per heavy atom. The molecule has 122 valence electrons. The number of likely N-dealkylation sites (tertiary alicyclic amines) is 1. The second kappa shape index (κ2) is 6.69. The minimum atomic E-state index is 0.341. The predicted molar refractivity (Wildman–Crippen MR) is 92.5 cm³/mol. The summed E-state index contributed by atoms with van der Waals surface area (Å²) in [5, 5.41) is 3.35. The van der Waals surface area contributed by atoms with Gasteiger partial charge >= 0.3 is 0 Å². The summed E-state index contributed by atoms with van der Waals surface area (Å²) in [4.78, 5) is 9.69.